The molecule has 1 rings (SSSR count). The Morgan fingerprint density at radius 3 is 2.38 bits per heavy atom. The average Bonchev–Trinajstić information content (AvgIpc) is 2.01. The molecule has 76 valence electrons. The highest BCUT2D eigenvalue weighted by atomic mass is 17.3. The van der Waals surface area contributed by atoms with E-state index in [-0.39, 0.29) is 12.0 Å². The highest BCUT2D eigenvalue weighted by Gasteiger charge is 2.59. The lowest BCUT2D eigenvalue weighted by atomic mass is 9.70. The monoisotopic (exact) mass is 187 g/mol. The topological polar surface area (TPSA) is 61.6 Å². The molecule has 0 aliphatic carbocycles. The van der Waals surface area contributed by atoms with Gasteiger partial charge in [-0.15, -0.1) is 0 Å². The molecule has 1 fully saturated rings. The van der Waals surface area contributed by atoms with Crippen LogP contribution in [0.3, 0.4) is 0 Å². The summed E-state index contributed by atoms with van der Waals surface area (Å²) in [5.41, 5.74) is 4.02. The largest absolute Gasteiger partial charge is 0.369 e. The predicted molar refractivity (Wildman–Crippen MR) is 47.6 cm³/mol. The third-order valence-electron chi connectivity index (χ3n) is 3.18. The summed E-state index contributed by atoms with van der Waals surface area (Å²) in [6, 6.07) is 0. The molecule has 1 heterocycles. The third-order valence-corrected chi connectivity index (χ3v) is 3.18. The summed E-state index contributed by atoms with van der Waals surface area (Å²) in [6.07, 6.45) is 0.766. The number of nitrogens with two attached hydrogens (primary N) is 1. The SMILES string of the molecule is CCC1OOC1(C)C(C)(C)C(N)=O. The van der Waals surface area contributed by atoms with Gasteiger partial charge in [0.15, 0.2) is 0 Å². The molecule has 0 spiro atoms. The van der Waals surface area contributed by atoms with Crippen LogP contribution in [0.5, 0.6) is 0 Å². The second-order valence-corrected chi connectivity index (χ2v) is 4.17. The molecule has 1 amide bonds. The van der Waals surface area contributed by atoms with E-state index in [2.05, 4.69) is 0 Å². The van der Waals surface area contributed by atoms with Crippen molar-refractivity contribution in [1.82, 2.24) is 0 Å². The van der Waals surface area contributed by atoms with Gasteiger partial charge in [0.25, 0.3) is 0 Å². The first kappa shape index (κ1) is 10.5. The Morgan fingerprint density at radius 1 is 1.62 bits per heavy atom. The van der Waals surface area contributed by atoms with E-state index < -0.39 is 11.0 Å². The molecule has 0 bridgehead atoms. The zero-order valence-corrected chi connectivity index (χ0v) is 8.59. The van der Waals surface area contributed by atoms with E-state index in [1.54, 1.807) is 13.8 Å². The lowest BCUT2D eigenvalue weighted by molar-refractivity contribution is -0.522. The smallest absolute Gasteiger partial charge is 0.226 e. The first-order chi connectivity index (χ1) is 5.86. The minimum atomic E-state index is -0.702. The molecule has 0 radical (unpaired) electrons. The van der Waals surface area contributed by atoms with Crippen LogP contribution >= 0.6 is 0 Å². The maximum absolute atomic E-state index is 11.2. The molecule has 13 heavy (non-hydrogen) atoms. The van der Waals surface area contributed by atoms with E-state index in [4.69, 9.17) is 15.5 Å². The fraction of sp³-hybridized carbons (Fsp3) is 0.889. The zero-order chi connectivity index (χ0) is 10.3. The van der Waals surface area contributed by atoms with Crippen LogP contribution in [-0.2, 0) is 14.6 Å². The fourth-order valence-electron chi connectivity index (χ4n) is 1.47. The van der Waals surface area contributed by atoms with E-state index in [0.717, 1.165) is 6.42 Å². The summed E-state index contributed by atoms with van der Waals surface area (Å²) < 4.78 is 0. The van der Waals surface area contributed by atoms with Crippen LogP contribution < -0.4 is 5.73 Å². The molecular formula is C9H17NO3. The van der Waals surface area contributed by atoms with Crippen LogP contribution in [0, 0.1) is 5.41 Å². The zero-order valence-electron chi connectivity index (χ0n) is 8.59. The van der Waals surface area contributed by atoms with Gasteiger partial charge in [0.05, 0.1) is 5.41 Å². The van der Waals surface area contributed by atoms with Crippen LogP contribution in [-0.4, -0.2) is 17.6 Å². The maximum Gasteiger partial charge on any atom is 0.226 e. The number of primary amides is 1. The summed E-state index contributed by atoms with van der Waals surface area (Å²) in [5.74, 6) is -0.364. The highest BCUT2D eigenvalue weighted by molar-refractivity contribution is 5.81. The van der Waals surface area contributed by atoms with Gasteiger partial charge in [0.2, 0.25) is 5.91 Å². The molecule has 1 aliphatic heterocycles. The summed E-state index contributed by atoms with van der Waals surface area (Å²) in [6.45, 7) is 7.40. The maximum atomic E-state index is 11.2. The van der Waals surface area contributed by atoms with Gasteiger partial charge >= 0.3 is 0 Å². The van der Waals surface area contributed by atoms with Crippen molar-refractivity contribution in [3.63, 3.8) is 0 Å². The Balaban J connectivity index is 2.86. The minimum Gasteiger partial charge on any atom is -0.369 e. The van der Waals surface area contributed by atoms with Gasteiger partial charge in [-0.2, -0.15) is 0 Å². The minimum absolute atomic E-state index is 0.0463. The molecule has 4 heteroatoms. The van der Waals surface area contributed by atoms with E-state index in [0.29, 0.717) is 0 Å². The van der Waals surface area contributed by atoms with Gasteiger partial charge in [0, 0.05) is 0 Å². The molecule has 0 aromatic carbocycles. The Morgan fingerprint density at radius 2 is 2.15 bits per heavy atom. The first-order valence-electron chi connectivity index (χ1n) is 4.50. The fourth-order valence-corrected chi connectivity index (χ4v) is 1.47. The van der Waals surface area contributed by atoms with Gasteiger partial charge < -0.3 is 5.73 Å². The Bertz CT molecular complexity index is 225. The summed E-state index contributed by atoms with van der Waals surface area (Å²) in [7, 11) is 0. The van der Waals surface area contributed by atoms with Crippen molar-refractivity contribution in [1.29, 1.82) is 0 Å². The van der Waals surface area contributed by atoms with Crippen LogP contribution in [0.4, 0.5) is 0 Å². The Kier molecular flexibility index (Phi) is 2.38. The molecule has 1 aliphatic rings. The molecular weight excluding hydrogens is 170 g/mol. The highest BCUT2D eigenvalue weighted by Crippen LogP contribution is 2.45. The van der Waals surface area contributed by atoms with Gasteiger partial charge in [-0.3, -0.25) is 4.79 Å². The van der Waals surface area contributed by atoms with E-state index in [9.17, 15) is 4.79 Å². The lowest BCUT2D eigenvalue weighted by Crippen LogP contribution is -2.65. The lowest BCUT2D eigenvalue weighted by Gasteiger charge is -2.51. The van der Waals surface area contributed by atoms with Crippen molar-refractivity contribution < 1.29 is 14.6 Å². The van der Waals surface area contributed by atoms with Crippen molar-refractivity contribution in [2.45, 2.75) is 45.8 Å². The molecule has 2 unspecified atom stereocenters. The quantitative estimate of drug-likeness (QED) is 0.670. The van der Waals surface area contributed by atoms with E-state index >= 15 is 0 Å². The van der Waals surface area contributed by atoms with Crippen LogP contribution in [0.25, 0.3) is 0 Å². The molecule has 0 saturated carbocycles. The van der Waals surface area contributed by atoms with Gasteiger partial charge in [-0.1, -0.05) is 6.92 Å². The number of amides is 1. The molecule has 0 aromatic heterocycles. The molecule has 0 aromatic rings. The number of rotatable bonds is 3. The summed E-state index contributed by atoms with van der Waals surface area (Å²) >= 11 is 0. The second kappa shape index (κ2) is 2.96. The standard InChI is InChI=1S/C9H17NO3/c1-5-6-9(4,13-12-6)8(2,3)7(10)11/h6H,5H2,1-4H3,(H2,10,11). The van der Waals surface area contributed by atoms with Gasteiger partial charge in [0.1, 0.15) is 11.7 Å². The van der Waals surface area contributed by atoms with Crippen LogP contribution in [0.15, 0.2) is 0 Å². The van der Waals surface area contributed by atoms with Crippen molar-refractivity contribution >= 4 is 5.91 Å². The van der Waals surface area contributed by atoms with Crippen molar-refractivity contribution in [2.24, 2.45) is 11.1 Å². The molecule has 1 saturated heterocycles. The van der Waals surface area contributed by atoms with Gasteiger partial charge in [-0.05, 0) is 27.2 Å². The van der Waals surface area contributed by atoms with Crippen LogP contribution in [0.2, 0.25) is 0 Å². The summed E-state index contributed by atoms with van der Waals surface area (Å²) in [4.78, 5) is 21.2. The van der Waals surface area contributed by atoms with Crippen molar-refractivity contribution in [3.8, 4) is 0 Å². The Hall–Kier alpha value is -0.610. The average molecular weight is 187 g/mol. The van der Waals surface area contributed by atoms with E-state index in [1.807, 2.05) is 13.8 Å². The normalized spacial score (nSPS) is 34.0. The number of hydrogen-bond acceptors (Lipinski definition) is 3. The van der Waals surface area contributed by atoms with E-state index in [1.165, 1.54) is 0 Å². The number of hydrogen-bond donors (Lipinski definition) is 1. The number of carbonyl (C=O) groups is 1. The first-order valence-corrected chi connectivity index (χ1v) is 4.50. The van der Waals surface area contributed by atoms with Crippen molar-refractivity contribution in [2.75, 3.05) is 0 Å². The molecule has 2 N–H and O–H groups in total. The molecule has 4 nitrogen and oxygen atoms in total. The second-order valence-electron chi connectivity index (χ2n) is 4.17. The Labute approximate surface area is 78.3 Å². The van der Waals surface area contributed by atoms with Gasteiger partial charge in [-0.25, -0.2) is 9.78 Å². The van der Waals surface area contributed by atoms with Crippen molar-refractivity contribution in [3.05, 3.63) is 0 Å². The summed E-state index contributed by atoms with van der Waals surface area (Å²) in [5, 5.41) is 0. The number of carbonyl (C=O) groups excluding carboxylic acids is 1. The molecule has 2 atom stereocenters. The van der Waals surface area contributed by atoms with Crippen LogP contribution in [0.1, 0.15) is 34.1 Å². The third kappa shape index (κ3) is 1.25. The predicted octanol–water partition coefficient (Wildman–Crippen LogP) is 0.997.